The van der Waals surface area contributed by atoms with E-state index in [1.165, 1.54) is 31.5 Å². The highest BCUT2D eigenvalue weighted by Crippen LogP contribution is 2.47. The van der Waals surface area contributed by atoms with Gasteiger partial charge in [-0.25, -0.2) is 0 Å². The first-order chi connectivity index (χ1) is 13.3. The van der Waals surface area contributed by atoms with Gasteiger partial charge in [0.25, 0.3) is 0 Å². The molecule has 0 amide bonds. The number of piperidine rings is 3. The SMILES string of the molecule is CCc1noc(CN2C[C@@H](c3cccc(OC)c3)[C@H]3[C@@H]2C2CCN3CC2)n1. The van der Waals surface area contributed by atoms with Crippen molar-refractivity contribution in [1.82, 2.24) is 19.9 Å². The lowest BCUT2D eigenvalue weighted by Crippen LogP contribution is -2.60. The summed E-state index contributed by atoms with van der Waals surface area (Å²) in [7, 11) is 1.75. The van der Waals surface area contributed by atoms with Crippen LogP contribution in [-0.4, -0.2) is 58.8 Å². The van der Waals surface area contributed by atoms with Gasteiger partial charge >= 0.3 is 0 Å². The molecule has 1 aromatic carbocycles. The van der Waals surface area contributed by atoms with Crippen LogP contribution in [-0.2, 0) is 13.0 Å². The molecular weight excluding hydrogens is 340 g/mol. The number of hydrogen-bond acceptors (Lipinski definition) is 6. The maximum absolute atomic E-state index is 5.52. The highest BCUT2D eigenvalue weighted by molar-refractivity contribution is 5.34. The highest BCUT2D eigenvalue weighted by atomic mass is 16.5. The number of methoxy groups -OCH3 is 1. The second kappa shape index (κ2) is 6.91. The first kappa shape index (κ1) is 17.2. The number of aromatic nitrogens is 2. The van der Waals surface area contributed by atoms with Crippen LogP contribution in [0, 0.1) is 5.92 Å². The Hall–Kier alpha value is -1.92. The number of nitrogens with zero attached hydrogens (tertiary/aromatic N) is 4. The normalized spacial score (nSPS) is 32.6. The molecule has 0 spiro atoms. The molecule has 6 heteroatoms. The van der Waals surface area contributed by atoms with Gasteiger partial charge in [0.2, 0.25) is 5.89 Å². The maximum atomic E-state index is 5.52. The summed E-state index contributed by atoms with van der Waals surface area (Å²) >= 11 is 0. The molecule has 4 aliphatic heterocycles. The molecule has 0 unspecified atom stereocenters. The monoisotopic (exact) mass is 368 g/mol. The highest BCUT2D eigenvalue weighted by Gasteiger charge is 2.53. The number of aryl methyl sites for hydroxylation is 1. The summed E-state index contributed by atoms with van der Waals surface area (Å²) < 4.78 is 11.0. The molecule has 4 saturated heterocycles. The summed E-state index contributed by atoms with van der Waals surface area (Å²) in [5, 5.41) is 4.09. The number of ether oxygens (including phenoxy) is 1. The van der Waals surface area contributed by atoms with Gasteiger partial charge in [-0.05, 0) is 49.5 Å². The van der Waals surface area contributed by atoms with Gasteiger partial charge in [-0.15, -0.1) is 0 Å². The zero-order chi connectivity index (χ0) is 18.4. The quantitative estimate of drug-likeness (QED) is 0.809. The van der Waals surface area contributed by atoms with E-state index in [9.17, 15) is 0 Å². The summed E-state index contributed by atoms with van der Waals surface area (Å²) in [5.74, 6) is 3.79. The van der Waals surface area contributed by atoms with E-state index in [0.717, 1.165) is 42.9 Å². The number of hydrogen-bond donors (Lipinski definition) is 0. The van der Waals surface area contributed by atoms with Crippen LogP contribution in [0.15, 0.2) is 28.8 Å². The average molecular weight is 368 g/mol. The number of likely N-dealkylation sites (tertiary alicyclic amines) is 1. The Bertz CT molecular complexity index is 799. The Morgan fingerprint density at radius 3 is 2.81 bits per heavy atom. The van der Waals surface area contributed by atoms with E-state index in [1.807, 2.05) is 6.07 Å². The molecule has 6 nitrogen and oxygen atoms in total. The van der Waals surface area contributed by atoms with E-state index in [1.54, 1.807) is 7.11 Å². The molecule has 4 fully saturated rings. The van der Waals surface area contributed by atoms with Crippen LogP contribution in [0.5, 0.6) is 5.75 Å². The van der Waals surface area contributed by atoms with E-state index >= 15 is 0 Å². The second-order valence-corrected chi connectivity index (χ2v) is 8.13. The van der Waals surface area contributed by atoms with E-state index in [-0.39, 0.29) is 0 Å². The average Bonchev–Trinajstić information content (AvgIpc) is 3.35. The fourth-order valence-corrected chi connectivity index (χ4v) is 5.56. The van der Waals surface area contributed by atoms with Crippen LogP contribution >= 0.6 is 0 Å². The standard InChI is InChI=1S/C21H28N4O2/c1-3-18-22-19(27-23-18)13-25-12-17(15-5-4-6-16(11-15)26-2)21-20(25)14-7-9-24(21)10-8-14/h4-6,11,14,17,20-21H,3,7-10,12-13H2,1-2H3/t17-,20-,21-/m0/s1. The topological polar surface area (TPSA) is 54.6 Å². The smallest absolute Gasteiger partial charge is 0.240 e. The van der Waals surface area contributed by atoms with Crippen molar-refractivity contribution in [1.29, 1.82) is 0 Å². The van der Waals surface area contributed by atoms with E-state index in [0.29, 0.717) is 18.0 Å². The lowest BCUT2D eigenvalue weighted by atomic mass is 9.75. The van der Waals surface area contributed by atoms with E-state index < -0.39 is 0 Å². The number of rotatable bonds is 5. The summed E-state index contributed by atoms with van der Waals surface area (Å²) in [6.45, 7) is 6.34. The van der Waals surface area contributed by atoms with E-state index in [2.05, 4.69) is 45.1 Å². The van der Waals surface area contributed by atoms with E-state index in [4.69, 9.17) is 9.26 Å². The lowest BCUT2D eigenvalue weighted by molar-refractivity contribution is -0.0109. The van der Waals surface area contributed by atoms with Crippen LogP contribution in [0.1, 0.15) is 43.0 Å². The molecule has 0 N–H and O–H groups in total. The minimum Gasteiger partial charge on any atom is -0.497 e. The zero-order valence-corrected chi connectivity index (χ0v) is 16.2. The van der Waals surface area contributed by atoms with Crippen LogP contribution < -0.4 is 4.74 Å². The molecule has 0 saturated carbocycles. The molecule has 0 radical (unpaired) electrons. The first-order valence-corrected chi connectivity index (χ1v) is 10.2. The predicted molar refractivity (Wildman–Crippen MR) is 102 cm³/mol. The second-order valence-electron chi connectivity index (χ2n) is 8.13. The third kappa shape index (κ3) is 2.95. The Balaban J connectivity index is 1.46. The van der Waals surface area contributed by atoms with Gasteiger partial charge in [-0.3, -0.25) is 9.80 Å². The molecule has 27 heavy (non-hydrogen) atoms. The molecule has 0 aliphatic carbocycles. The Labute approximate surface area is 160 Å². The third-order valence-corrected chi connectivity index (χ3v) is 6.78. The van der Waals surface area contributed by atoms with Crippen LogP contribution in [0.3, 0.4) is 0 Å². The molecule has 2 aromatic rings. The molecule has 2 bridgehead atoms. The molecule has 3 atom stereocenters. The fraction of sp³-hybridized carbons (Fsp3) is 0.619. The lowest BCUT2D eigenvalue weighted by Gasteiger charge is -2.51. The van der Waals surface area contributed by atoms with Crippen molar-refractivity contribution in [2.24, 2.45) is 5.92 Å². The third-order valence-electron chi connectivity index (χ3n) is 6.78. The Kier molecular flexibility index (Phi) is 4.40. The number of fused-ring (bicyclic) bond motifs is 2. The first-order valence-electron chi connectivity index (χ1n) is 10.2. The van der Waals surface area contributed by atoms with Gasteiger partial charge in [0.15, 0.2) is 5.82 Å². The molecule has 6 rings (SSSR count). The molecule has 4 aliphatic rings. The van der Waals surface area contributed by atoms with Crippen molar-refractivity contribution in [2.45, 2.75) is 50.7 Å². The summed E-state index contributed by atoms with van der Waals surface area (Å²) in [6, 6.07) is 9.80. The Morgan fingerprint density at radius 1 is 1.22 bits per heavy atom. The molecule has 1 aromatic heterocycles. The Morgan fingerprint density at radius 2 is 2.07 bits per heavy atom. The largest absolute Gasteiger partial charge is 0.497 e. The van der Waals surface area contributed by atoms with Gasteiger partial charge in [0, 0.05) is 31.0 Å². The van der Waals surface area contributed by atoms with Gasteiger partial charge < -0.3 is 9.26 Å². The van der Waals surface area contributed by atoms with Crippen LogP contribution in [0.2, 0.25) is 0 Å². The van der Waals surface area contributed by atoms with Gasteiger partial charge in [0.1, 0.15) is 5.75 Å². The van der Waals surface area contributed by atoms with Gasteiger partial charge in [-0.2, -0.15) is 4.98 Å². The number of benzene rings is 1. The zero-order valence-electron chi connectivity index (χ0n) is 16.2. The molecule has 144 valence electrons. The van der Waals surface area contributed by atoms with Gasteiger partial charge in [0.05, 0.1) is 13.7 Å². The minimum atomic E-state index is 0.502. The molecular formula is C21H28N4O2. The van der Waals surface area contributed by atoms with Crippen molar-refractivity contribution < 1.29 is 9.26 Å². The predicted octanol–water partition coefficient (Wildman–Crippen LogP) is 2.70. The van der Waals surface area contributed by atoms with Crippen molar-refractivity contribution in [2.75, 3.05) is 26.7 Å². The summed E-state index contributed by atoms with van der Waals surface area (Å²) in [4.78, 5) is 9.90. The summed E-state index contributed by atoms with van der Waals surface area (Å²) in [6.07, 6.45) is 3.44. The van der Waals surface area contributed by atoms with Crippen molar-refractivity contribution in [3.63, 3.8) is 0 Å². The van der Waals surface area contributed by atoms with Gasteiger partial charge in [-0.1, -0.05) is 24.2 Å². The molecule has 5 heterocycles. The minimum absolute atomic E-state index is 0.502. The van der Waals surface area contributed by atoms with Crippen LogP contribution in [0.25, 0.3) is 0 Å². The van der Waals surface area contributed by atoms with Crippen molar-refractivity contribution in [3.8, 4) is 5.75 Å². The fourth-order valence-electron chi connectivity index (χ4n) is 5.56. The summed E-state index contributed by atoms with van der Waals surface area (Å²) in [5.41, 5.74) is 1.39. The maximum Gasteiger partial charge on any atom is 0.240 e. The van der Waals surface area contributed by atoms with Crippen molar-refractivity contribution >= 4 is 0 Å². The van der Waals surface area contributed by atoms with Crippen LogP contribution in [0.4, 0.5) is 0 Å². The van der Waals surface area contributed by atoms with Crippen molar-refractivity contribution in [3.05, 3.63) is 41.5 Å².